The van der Waals surface area contributed by atoms with Gasteiger partial charge in [-0.05, 0) is 65.2 Å². The summed E-state index contributed by atoms with van der Waals surface area (Å²) >= 11 is 1.89. The lowest BCUT2D eigenvalue weighted by molar-refractivity contribution is 1.18. The topological polar surface area (TPSA) is 9.86 Å². The highest BCUT2D eigenvalue weighted by atomic mass is 32.1. The van der Waals surface area contributed by atoms with Gasteiger partial charge in [-0.15, -0.1) is 11.3 Å². The number of aromatic nitrogens is 2. The number of hydrogen-bond donors (Lipinski definition) is 0. The van der Waals surface area contributed by atoms with Gasteiger partial charge in [-0.1, -0.05) is 121 Å². The average Bonchev–Trinajstić information content (AvgIpc) is 3.79. The standard InChI is InChI=1S/C44H28N2S/c1-3-12-32(13-4-1)45-39-20-9-7-16-35(39)36-19-11-18-34(42(36)45)30-24-22-29(23-25-30)31-26-27-41-38(28-31)43-44(47-41)37-17-8-10-21-40(37)46(43)33-14-5-2-6-15-33/h1-28H. The maximum Gasteiger partial charge on any atom is 0.0727 e. The van der Waals surface area contributed by atoms with E-state index >= 15 is 0 Å². The highest BCUT2D eigenvalue weighted by Crippen LogP contribution is 2.44. The molecule has 0 aliphatic carbocycles. The predicted octanol–water partition coefficient (Wildman–Crippen LogP) is 12.4. The van der Waals surface area contributed by atoms with E-state index in [0.717, 1.165) is 0 Å². The maximum absolute atomic E-state index is 2.43. The quantitative estimate of drug-likeness (QED) is 0.186. The minimum absolute atomic E-state index is 1.17. The second-order valence-electron chi connectivity index (χ2n) is 12.1. The molecule has 3 heteroatoms. The van der Waals surface area contributed by atoms with E-state index in [1.54, 1.807) is 0 Å². The monoisotopic (exact) mass is 616 g/mol. The van der Waals surface area contributed by atoms with E-state index < -0.39 is 0 Å². The van der Waals surface area contributed by atoms with Crippen molar-refractivity contribution in [2.24, 2.45) is 0 Å². The van der Waals surface area contributed by atoms with Crippen LogP contribution in [0.3, 0.4) is 0 Å². The Morgan fingerprint density at radius 1 is 0.362 bits per heavy atom. The molecular formula is C44H28N2S. The summed E-state index contributed by atoms with van der Waals surface area (Å²) in [5.41, 5.74) is 12.2. The zero-order valence-electron chi connectivity index (χ0n) is 25.5. The Bertz CT molecular complexity index is 2760. The summed E-state index contributed by atoms with van der Waals surface area (Å²) in [5.74, 6) is 0. The van der Waals surface area contributed by atoms with Crippen LogP contribution >= 0.6 is 11.3 Å². The highest BCUT2D eigenvalue weighted by Gasteiger charge is 2.19. The molecule has 0 atom stereocenters. The lowest BCUT2D eigenvalue weighted by Crippen LogP contribution is -1.95. The summed E-state index contributed by atoms with van der Waals surface area (Å²) in [4.78, 5) is 0. The normalized spacial score (nSPS) is 11.8. The molecule has 47 heavy (non-hydrogen) atoms. The van der Waals surface area contributed by atoms with Gasteiger partial charge < -0.3 is 9.13 Å². The molecule has 10 aromatic rings. The molecule has 0 fully saturated rings. The summed E-state index contributed by atoms with van der Waals surface area (Å²) in [6.45, 7) is 0. The predicted molar refractivity (Wildman–Crippen MR) is 201 cm³/mol. The maximum atomic E-state index is 2.43. The third kappa shape index (κ3) is 3.97. The molecule has 0 N–H and O–H groups in total. The van der Waals surface area contributed by atoms with E-state index in [9.17, 15) is 0 Å². The molecule has 0 unspecified atom stereocenters. The second-order valence-corrected chi connectivity index (χ2v) is 13.2. The third-order valence-electron chi connectivity index (χ3n) is 9.53. The van der Waals surface area contributed by atoms with Crippen LogP contribution in [0.2, 0.25) is 0 Å². The fourth-order valence-electron chi connectivity index (χ4n) is 7.43. The molecular weight excluding hydrogens is 589 g/mol. The molecule has 0 saturated carbocycles. The number of benzene rings is 7. The lowest BCUT2D eigenvalue weighted by atomic mass is 9.98. The minimum Gasteiger partial charge on any atom is -0.309 e. The van der Waals surface area contributed by atoms with E-state index in [0.29, 0.717) is 0 Å². The molecule has 0 bridgehead atoms. The zero-order chi connectivity index (χ0) is 30.9. The van der Waals surface area contributed by atoms with Crippen LogP contribution in [-0.4, -0.2) is 9.13 Å². The molecule has 3 heterocycles. The average molecular weight is 617 g/mol. The summed E-state index contributed by atoms with van der Waals surface area (Å²) in [7, 11) is 0. The molecule has 0 spiro atoms. The molecule has 2 nitrogen and oxygen atoms in total. The first kappa shape index (κ1) is 26.3. The van der Waals surface area contributed by atoms with E-state index in [1.165, 1.54) is 86.6 Å². The molecule has 3 aromatic heterocycles. The first-order valence-electron chi connectivity index (χ1n) is 16.0. The van der Waals surface area contributed by atoms with Crippen molar-refractivity contribution in [2.75, 3.05) is 0 Å². The molecule has 10 rings (SSSR count). The van der Waals surface area contributed by atoms with Crippen molar-refractivity contribution in [1.82, 2.24) is 9.13 Å². The number of hydrogen-bond acceptors (Lipinski definition) is 1. The van der Waals surface area contributed by atoms with Gasteiger partial charge in [0.25, 0.3) is 0 Å². The Labute approximate surface area is 276 Å². The van der Waals surface area contributed by atoms with Crippen LogP contribution in [-0.2, 0) is 0 Å². The lowest BCUT2D eigenvalue weighted by Gasteiger charge is -2.12. The Kier molecular flexibility index (Phi) is 5.78. The number of thiophene rings is 1. The number of nitrogens with zero attached hydrogens (tertiary/aromatic N) is 2. The largest absolute Gasteiger partial charge is 0.309 e. The van der Waals surface area contributed by atoms with Crippen LogP contribution in [0.15, 0.2) is 170 Å². The molecule has 7 aromatic carbocycles. The summed E-state index contributed by atoms with van der Waals surface area (Å²) < 4.78 is 7.50. The third-order valence-corrected chi connectivity index (χ3v) is 10.7. The van der Waals surface area contributed by atoms with E-state index in [2.05, 4.69) is 179 Å². The van der Waals surface area contributed by atoms with Crippen LogP contribution in [0.1, 0.15) is 0 Å². The first-order chi connectivity index (χ1) is 23.3. The van der Waals surface area contributed by atoms with Gasteiger partial charge in [0.2, 0.25) is 0 Å². The summed E-state index contributed by atoms with van der Waals surface area (Å²) in [6.07, 6.45) is 0. The zero-order valence-corrected chi connectivity index (χ0v) is 26.3. The molecule has 0 aliphatic rings. The van der Waals surface area contributed by atoms with Crippen molar-refractivity contribution < 1.29 is 0 Å². The molecule has 220 valence electrons. The van der Waals surface area contributed by atoms with Crippen molar-refractivity contribution in [3.8, 4) is 33.6 Å². The van der Waals surface area contributed by atoms with Gasteiger partial charge in [0, 0.05) is 43.2 Å². The number of para-hydroxylation sites is 5. The Hall–Kier alpha value is -5.90. The van der Waals surface area contributed by atoms with Gasteiger partial charge in [0.1, 0.15) is 0 Å². The van der Waals surface area contributed by atoms with Gasteiger partial charge in [0.15, 0.2) is 0 Å². The first-order valence-corrected chi connectivity index (χ1v) is 16.8. The summed E-state index contributed by atoms with van der Waals surface area (Å²) in [5, 5.41) is 5.14. The van der Waals surface area contributed by atoms with E-state index in [-0.39, 0.29) is 0 Å². The Morgan fingerprint density at radius 2 is 0.915 bits per heavy atom. The Balaban J connectivity index is 1.13. The van der Waals surface area contributed by atoms with Crippen LogP contribution in [0, 0.1) is 0 Å². The van der Waals surface area contributed by atoms with Crippen molar-refractivity contribution in [3.63, 3.8) is 0 Å². The fourth-order valence-corrected chi connectivity index (χ4v) is 8.64. The van der Waals surface area contributed by atoms with Crippen LogP contribution in [0.5, 0.6) is 0 Å². The number of rotatable bonds is 4. The van der Waals surface area contributed by atoms with Crippen LogP contribution < -0.4 is 0 Å². The van der Waals surface area contributed by atoms with Gasteiger partial charge in [-0.2, -0.15) is 0 Å². The van der Waals surface area contributed by atoms with Gasteiger partial charge in [0.05, 0.1) is 26.8 Å². The Morgan fingerprint density at radius 3 is 1.64 bits per heavy atom. The van der Waals surface area contributed by atoms with E-state index in [4.69, 9.17) is 0 Å². The van der Waals surface area contributed by atoms with Crippen molar-refractivity contribution >= 4 is 64.3 Å². The smallest absolute Gasteiger partial charge is 0.0727 e. The summed E-state index contributed by atoms with van der Waals surface area (Å²) in [6, 6.07) is 61.7. The van der Waals surface area contributed by atoms with Crippen LogP contribution in [0.25, 0.3) is 86.6 Å². The minimum atomic E-state index is 1.17. The highest BCUT2D eigenvalue weighted by molar-refractivity contribution is 7.26. The molecule has 0 aliphatic heterocycles. The van der Waals surface area contributed by atoms with Crippen LogP contribution in [0.4, 0.5) is 0 Å². The SMILES string of the molecule is c1ccc(-n2c3ccccc3c3cccc(-c4ccc(-c5ccc6sc7c8ccccc8n(-c8ccccc8)c7c6c5)cc4)c32)cc1. The van der Waals surface area contributed by atoms with Crippen molar-refractivity contribution in [3.05, 3.63) is 170 Å². The van der Waals surface area contributed by atoms with Gasteiger partial charge in [-0.25, -0.2) is 0 Å². The van der Waals surface area contributed by atoms with Crippen molar-refractivity contribution in [2.45, 2.75) is 0 Å². The number of fused-ring (bicyclic) bond motifs is 8. The van der Waals surface area contributed by atoms with Crippen molar-refractivity contribution in [1.29, 1.82) is 0 Å². The van der Waals surface area contributed by atoms with E-state index in [1.807, 2.05) is 11.3 Å². The fraction of sp³-hybridized carbons (Fsp3) is 0. The molecule has 0 saturated heterocycles. The molecule has 0 radical (unpaired) electrons. The molecule has 0 amide bonds. The van der Waals surface area contributed by atoms with Gasteiger partial charge >= 0.3 is 0 Å². The van der Waals surface area contributed by atoms with Gasteiger partial charge in [-0.3, -0.25) is 0 Å². The second kappa shape index (κ2) is 10.3.